The zero-order chi connectivity index (χ0) is 7.56. The maximum atomic E-state index is 5.43. The lowest BCUT2D eigenvalue weighted by Gasteiger charge is -1.91. The second-order valence-electron chi connectivity index (χ2n) is 1.71. The van der Waals surface area contributed by atoms with Crippen LogP contribution in [0.5, 0.6) is 0 Å². The van der Waals surface area contributed by atoms with Gasteiger partial charge in [-0.15, -0.1) is 0 Å². The third-order valence-electron chi connectivity index (χ3n) is 0.947. The molecule has 1 heterocycles. The Morgan fingerprint density at radius 1 is 1.80 bits per heavy atom. The Morgan fingerprint density at radius 3 is 2.90 bits per heavy atom. The lowest BCUT2D eigenvalue weighted by atomic mass is 10.5. The highest BCUT2D eigenvalue weighted by Crippen LogP contribution is 2.26. The smallest absolute Gasteiger partial charge is 0.181 e. The van der Waals surface area contributed by atoms with E-state index < -0.39 is 0 Å². The molecule has 0 spiro atoms. The summed E-state index contributed by atoms with van der Waals surface area (Å²) < 4.78 is 5.83. The van der Waals surface area contributed by atoms with Crippen LogP contribution in [-0.2, 0) is 11.3 Å². The van der Waals surface area contributed by atoms with Crippen molar-refractivity contribution in [1.82, 2.24) is 4.98 Å². The van der Waals surface area contributed by atoms with Crippen molar-refractivity contribution in [2.75, 3.05) is 12.8 Å². The molecule has 0 aliphatic heterocycles. The van der Waals surface area contributed by atoms with Gasteiger partial charge < -0.3 is 10.5 Å². The highest BCUT2D eigenvalue weighted by molar-refractivity contribution is 9.11. The average molecular weight is 223 g/mol. The number of methoxy groups -OCH3 is 1. The van der Waals surface area contributed by atoms with Gasteiger partial charge in [0, 0.05) is 7.11 Å². The Kier molecular flexibility index (Phi) is 2.64. The van der Waals surface area contributed by atoms with Gasteiger partial charge in [0.25, 0.3) is 0 Å². The molecule has 1 rings (SSSR count). The molecular weight excluding hydrogens is 216 g/mol. The van der Waals surface area contributed by atoms with E-state index in [-0.39, 0.29) is 0 Å². The number of anilines is 1. The number of hydrogen-bond donors (Lipinski definition) is 1. The zero-order valence-corrected chi connectivity index (χ0v) is 7.83. The second kappa shape index (κ2) is 3.32. The molecule has 0 fully saturated rings. The Balaban J connectivity index is 2.81. The van der Waals surface area contributed by atoms with Crippen LogP contribution in [0.15, 0.2) is 3.79 Å². The lowest BCUT2D eigenvalue weighted by Crippen LogP contribution is -1.89. The second-order valence-corrected chi connectivity index (χ2v) is 4.05. The van der Waals surface area contributed by atoms with Gasteiger partial charge in [0.05, 0.1) is 16.1 Å². The summed E-state index contributed by atoms with van der Waals surface area (Å²) in [6.07, 6.45) is 0. The molecule has 56 valence electrons. The molecule has 3 nitrogen and oxygen atoms in total. The van der Waals surface area contributed by atoms with Crippen molar-refractivity contribution in [1.29, 1.82) is 0 Å². The van der Waals surface area contributed by atoms with Crippen molar-refractivity contribution in [3.8, 4) is 0 Å². The average Bonchev–Trinajstić information content (AvgIpc) is 2.13. The molecule has 1 aromatic rings. The first-order chi connectivity index (χ1) is 4.74. The van der Waals surface area contributed by atoms with Crippen molar-refractivity contribution in [2.24, 2.45) is 0 Å². The summed E-state index contributed by atoms with van der Waals surface area (Å²) in [5.74, 6) is 0. The fourth-order valence-electron chi connectivity index (χ4n) is 0.576. The van der Waals surface area contributed by atoms with Crippen molar-refractivity contribution >= 4 is 32.4 Å². The molecule has 0 bridgehead atoms. The summed E-state index contributed by atoms with van der Waals surface area (Å²) in [7, 11) is 1.63. The molecule has 10 heavy (non-hydrogen) atoms. The first-order valence-electron chi connectivity index (χ1n) is 2.63. The Hall–Kier alpha value is -0.130. The monoisotopic (exact) mass is 222 g/mol. The molecule has 0 saturated carbocycles. The fraction of sp³-hybridized carbons (Fsp3) is 0.400. The molecule has 0 amide bonds. The predicted molar refractivity (Wildman–Crippen MR) is 44.9 cm³/mol. The van der Waals surface area contributed by atoms with E-state index in [1.807, 2.05) is 0 Å². The van der Waals surface area contributed by atoms with Gasteiger partial charge >= 0.3 is 0 Å². The van der Waals surface area contributed by atoms with Crippen LogP contribution in [0.1, 0.15) is 5.69 Å². The van der Waals surface area contributed by atoms with Gasteiger partial charge in [-0.1, -0.05) is 11.3 Å². The zero-order valence-electron chi connectivity index (χ0n) is 5.43. The highest BCUT2D eigenvalue weighted by atomic mass is 79.9. The van der Waals surface area contributed by atoms with Gasteiger partial charge in [-0.2, -0.15) is 0 Å². The van der Waals surface area contributed by atoms with Gasteiger partial charge in [0.15, 0.2) is 5.13 Å². The van der Waals surface area contributed by atoms with Crippen molar-refractivity contribution in [2.45, 2.75) is 6.61 Å². The Bertz CT molecular complexity index is 225. The maximum Gasteiger partial charge on any atom is 0.181 e. The molecule has 0 saturated heterocycles. The molecule has 5 heteroatoms. The van der Waals surface area contributed by atoms with Crippen LogP contribution in [0.4, 0.5) is 5.13 Å². The Labute approximate surface area is 71.3 Å². The third-order valence-corrected chi connectivity index (χ3v) is 2.61. The number of aromatic nitrogens is 1. The van der Waals surface area contributed by atoms with Gasteiger partial charge in [0.2, 0.25) is 0 Å². The minimum Gasteiger partial charge on any atom is -0.378 e. The van der Waals surface area contributed by atoms with Crippen LogP contribution in [0.3, 0.4) is 0 Å². The molecular formula is C5H7BrN2OS. The third kappa shape index (κ3) is 1.68. The standard InChI is InChI=1S/C5H7BrN2OS/c1-9-2-3-4(6)10-5(7)8-3/h2H2,1H3,(H2,7,8). The van der Waals surface area contributed by atoms with Gasteiger partial charge in [0.1, 0.15) is 0 Å². The van der Waals surface area contributed by atoms with Crippen LogP contribution in [0.2, 0.25) is 0 Å². The number of nitrogens with two attached hydrogens (primary N) is 1. The van der Waals surface area contributed by atoms with E-state index in [9.17, 15) is 0 Å². The lowest BCUT2D eigenvalue weighted by molar-refractivity contribution is 0.181. The van der Waals surface area contributed by atoms with Crippen LogP contribution in [0, 0.1) is 0 Å². The minimum absolute atomic E-state index is 0.508. The highest BCUT2D eigenvalue weighted by Gasteiger charge is 2.04. The predicted octanol–water partition coefficient (Wildman–Crippen LogP) is 1.63. The Morgan fingerprint density at radius 2 is 2.50 bits per heavy atom. The first kappa shape index (κ1) is 7.97. The fourth-order valence-corrected chi connectivity index (χ4v) is 1.84. The number of hydrogen-bond acceptors (Lipinski definition) is 4. The van der Waals surface area contributed by atoms with Crippen LogP contribution < -0.4 is 5.73 Å². The summed E-state index contributed by atoms with van der Waals surface area (Å²) in [4.78, 5) is 4.02. The van der Waals surface area contributed by atoms with E-state index >= 15 is 0 Å². The van der Waals surface area contributed by atoms with E-state index in [0.29, 0.717) is 11.7 Å². The van der Waals surface area contributed by atoms with E-state index in [1.54, 1.807) is 7.11 Å². The van der Waals surface area contributed by atoms with E-state index in [1.165, 1.54) is 11.3 Å². The maximum absolute atomic E-state index is 5.43. The van der Waals surface area contributed by atoms with Gasteiger partial charge in [-0.25, -0.2) is 4.98 Å². The largest absolute Gasteiger partial charge is 0.378 e. The summed E-state index contributed by atoms with van der Waals surface area (Å²) >= 11 is 4.73. The van der Waals surface area contributed by atoms with E-state index in [0.717, 1.165) is 9.48 Å². The molecule has 0 radical (unpaired) electrons. The van der Waals surface area contributed by atoms with Gasteiger partial charge in [-0.3, -0.25) is 0 Å². The molecule has 0 aromatic carbocycles. The van der Waals surface area contributed by atoms with Gasteiger partial charge in [-0.05, 0) is 15.9 Å². The van der Waals surface area contributed by atoms with Crippen molar-refractivity contribution in [3.63, 3.8) is 0 Å². The van der Waals surface area contributed by atoms with Crippen molar-refractivity contribution < 1.29 is 4.74 Å². The molecule has 0 atom stereocenters. The molecule has 0 aliphatic carbocycles. The molecule has 0 aliphatic rings. The van der Waals surface area contributed by atoms with Crippen LogP contribution in [-0.4, -0.2) is 12.1 Å². The topological polar surface area (TPSA) is 48.1 Å². The SMILES string of the molecule is COCc1nc(N)sc1Br. The number of nitrogens with zero attached hydrogens (tertiary/aromatic N) is 1. The number of rotatable bonds is 2. The molecule has 1 aromatic heterocycles. The number of thiazole rings is 1. The summed E-state index contributed by atoms with van der Waals surface area (Å²) in [5.41, 5.74) is 6.30. The van der Waals surface area contributed by atoms with Crippen LogP contribution in [0.25, 0.3) is 0 Å². The first-order valence-corrected chi connectivity index (χ1v) is 4.24. The summed E-state index contributed by atoms with van der Waals surface area (Å²) in [5, 5.41) is 0.568. The summed E-state index contributed by atoms with van der Waals surface area (Å²) in [6.45, 7) is 0.508. The number of ether oxygens (including phenoxy) is 1. The molecule has 0 unspecified atom stereocenters. The quantitative estimate of drug-likeness (QED) is 0.828. The molecule has 2 N–H and O–H groups in total. The van der Waals surface area contributed by atoms with Crippen LogP contribution >= 0.6 is 27.3 Å². The van der Waals surface area contributed by atoms with E-state index in [4.69, 9.17) is 10.5 Å². The normalized spacial score (nSPS) is 10.2. The summed E-state index contributed by atoms with van der Waals surface area (Å²) in [6, 6.07) is 0. The number of halogens is 1. The number of nitrogen functional groups attached to an aromatic ring is 1. The minimum atomic E-state index is 0.508. The van der Waals surface area contributed by atoms with E-state index in [2.05, 4.69) is 20.9 Å². The van der Waals surface area contributed by atoms with Crippen molar-refractivity contribution in [3.05, 3.63) is 9.48 Å².